The van der Waals surface area contributed by atoms with E-state index in [9.17, 15) is 23.5 Å². The number of aromatic nitrogens is 2. The topological polar surface area (TPSA) is 111 Å². The first-order valence-corrected chi connectivity index (χ1v) is 13.4. The van der Waals surface area contributed by atoms with Gasteiger partial charge in [0.1, 0.15) is 6.10 Å². The molecule has 0 saturated heterocycles. The predicted molar refractivity (Wildman–Crippen MR) is 154 cm³/mol. The van der Waals surface area contributed by atoms with Crippen LogP contribution in [0.25, 0.3) is 21.6 Å². The number of anilines is 1. The van der Waals surface area contributed by atoms with Gasteiger partial charge in [-0.15, -0.1) is 0 Å². The molecule has 212 valence electrons. The fraction of sp³-hybridized carbons (Fsp3) is 0.0968. The summed E-state index contributed by atoms with van der Waals surface area (Å²) in [5, 5.41) is 12.0. The van der Waals surface area contributed by atoms with Gasteiger partial charge >= 0.3 is 12.1 Å². The number of aromatic carboxylic acids is 1. The molecule has 0 aliphatic rings. The average Bonchev–Trinajstić information content (AvgIpc) is 3.34. The molecule has 11 heteroatoms. The van der Waals surface area contributed by atoms with Crippen molar-refractivity contribution in [2.75, 3.05) is 5.32 Å². The van der Waals surface area contributed by atoms with Crippen LogP contribution in [-0.2, 0) is 4.74 Å². The Labute approximate surface area is 243 Å². The summed E-state index contributed by atoms with van der Waals surface area (Å²) in [4.78, 5) is 28.4. The Morgan fingerprint density at radius 3 is 2.26 bits per heavy atom. The maximum atomic E-state index is 14.9. The van der Waals surface area contributed by atoms with Gasteiger partial charge in [-0.05, 0) is 71.9 Å². The lowest BCUT2D eigenvalue weighted by Crippen LogP contribution is -2.16. The highest BCUT2D eigenvalue weighted by molar-refractivity contribution is 7.10. The van der Waals surface area contributed by atoms with Gasteiger partial charge in [-0.1, -0.05) is 54.6 Å². The zero-order valence-corrected chi connectivity index (χ0v) is 23.1. The Kier molecular flexibility index (Phi) is 8.21. The van der Waals surface area contributed by atoms with Gasteiger partial charge < -0.3 is 14.6 Å². The fourth-order valence-electron chi connectivity index (χ4n) is 4.18. The van der Waals surface area contributed by atoms with E-state index in [0.717, 1.165) is 23.3 Å². The van der Waals surface area contributed by atoms with Crippen LogP contribution in [0.5, 0.6) is 11.5 Å². The Balaban J connectivity index is 1.34. The van der Waals surface area contributed by atoms with Crippen molar-refractivity contribution in [1.29, 1.82) is 0 Å². The maximum Gasteiger partial charge on any atom is 0.412 e. The molecule has 5 aromatic rings. The molecule has 0 saturated carbocycles. The number of pyridine rings is 1. The van der Waals surface area contributed by atoms with Crippen LogP contribution in [0, 0.1) is 18.6 Å². The number of ether oxygens (including phenoxy) is 2. The van der Waals surface area contributed by atoms with Crippen LogP contribution in [0.4, 0.5) is 19.3 Å². The van der Waals surface area contributed by atoms with E-state index in [-0.39, 0.29) is 11.3 Å². The SMILES string of the molecule is Cc1nsc(-c2ccc(-c3cc(F)c(Oc4cccnc4C(=O)O)c(F)c3)cc2)c1NC(=O)OC(C)c1ccccc1. The third kappa shape index (κ3) is 6.11. The number of rotatable bonds is 8. The molecule has 0 aliphatic heterocycles. The smallest absolute Gasteiger partial charge is 0.412 e. The molecule has 0 radical (unpaired) electrons. The monoisotopic (exact) mass is 587 g/mol. The second-order valence-electron chi connectivity index (χ2n) is 9.16. The molecule has 0 fully saturated rings. The molecule has 2 N–H and O–H groups in total. The number of aryl methyl sites for hydroxylation is 1. The van der Waals surface area contributed by atoms with Crippen LogP contribution < -0.4 is 10.1 Å². The van der Waals surface area contributed by atoms with Crippen molar-refractivity contribution in [3.63, 3.8) is 0 Å². The number of benzene rings is 3. The number of carboxylic acids is 1. The molecule has 42 heavy (non-hydrogen) atoms. The minimum atomic E-state index is -1.39. The molecule has 8 nitrogen and oxygen atoms in total. The zero-order valence-electron chi connectivity index (χ0n) is 22.3. The summed E-state index contributed by atoms with van der Waals surface area (Å²) in [6, 6.07) is 21.1. The number of carboxylic acid groups (broad SMARTS) is 1. The highest BCUT2D eigenvalue weighted by atomic mass is 32.1. The van der Waals surface area contributed by atoms with Crippen molar-refractivity contribution in [2.45, 2.75) is 20.0 Å². The predicted octanol–water partition coefficient (Wildman–Crippen LogP) is 8.26. The van der Waals surface area contributed by atoms with Crippen LogP contribution in [0.1, 0.15) is 34.8 Å². The number of nitrogens with zero attached hydrogens (tertiary/aromatic N) is 2. The maximum absolute atomic E-state index is 14.9. The molecule has 1 unspecified atom stereocenters. The van der Waals surface area contributed by atoms with E-state index >= 15 is 0 Å². The molecule has 3 aromatic carbocycles. The van der Waals surface area contributed by atoms with Crippen LogP contribution in [0.15, 0.2) is 85.1 Å². The average molecular weight is 588 g/mol. The standard InChI is InChI=1S/C31H23F2N3O5S/c1-17-26(35-31(39)40-18(2)19-7-4-3-5-8-19)29(42-36-17)21-12-10-20(11-13-21)22-15-23(32)28(24(33)16-22)41-25-9-6-14-34-27(25)30(37)38/h3-16,18H,1-2H3,(H,35,39)(H,37,38). The van der Waals surface area contributed by atoms with E-state index in [1.54, 1.807) is 38.1 Å². The van der Waals surface area contributed by atoms with E-state index in [0.29, 0.717) is 21.8 Å². The molecule has 1 atom stereocenters. The second kappa shape index (κ2) is 12.1. The molecule has 0 aliphatic carbocycles. The van der Waals surface area contributed by atoms with Gasteiger partial charge in [-0.3, -0.25) is 5.32 Å². The first-order chi connectivity index (χ1) is 20.2. The lowest BCUT2D eigenvalue weighted by molar-refractivity contribution is 0.0687. The molecular formula is C31H23F2N3O5S. The van der Waals surface area contributed by atoms with E-state index < -0.39 is 41.2 Å². The summed E-state index contributed by atoms with van der Waals surface area (Å²) in [5.41, 5.74) is 3.00. The van der Waals surface area contributed by atoms with Crippen molar-refractivity contribution in [1.82, 2.24) is 9.36 Å². The normalized spacial score (nSPS) is 11.5. The number of amides is 1. The first kappa shape index (κ1) is 28.4. The molecule has 1 amide bonds. The van der Waals surface area contributed by atoms with E-state index in [2.05, 4.69) is 14.7 Å². The second-order valence-corrected chi connectivity index (χ2v) is 9.93. The van der Waals surface area contributed by atoms with Crippen molar-refractivity contribution < 1.29 is 33.0 Å². The van der Waals surface area contributed by atoms with E-state index in [4.69, 9.17) is 9.47 Å². The Bertz CT molecular complexity index is 1740. The Hall–Kier alpha value is -5.16. The van der Waals surface area contributed by atoms with E-state index in [1.807, 2.05) is 30.3 Å². The molecule has 0 bridgehead atoms. The highest BCUT2D eigenvalue weighted by Gasteiger charge is 2.21. The molecule has 2 aromatic heterocycles. The Morgan fingerprint density at radius 2 is 1.60 bits per heavy atom. The molecule has 2 heterocycles. The van der Waals surface area contributed by atoms with Crippen molar-refractivity contribution in [2.24, 2.45) is 0 Å². The summed E-state index contributed by atoms with van der Waals surface area (Å²) in [5.74, 6) is -4.45. The minimum absolute atomic E-state index is 0.242. The van der Waals surface area contributed by atoms with Gasteiger partial charge in [-0.2, -0.15) is 4.37 Å². The fourth-order valence-corrected chi connectivity index (χ4v) is 5.03. The van der Waals surface area contributed by atoms with Gasteiger partial charge in [0, 0.05) is 6.20 Å². The van der Waals surface area contributed by atoms with Crippen LogP contribution in [-0.4, -0.2) is 26.5 Å². The third-order valence-electron chi connectivity index (χ3n) is 6.31. The van der Waals surface area contributed by atoms with Gasteiger partial charge in [0.2, 0.25) is 0 Å². The summed E-state index contributed by atoms with van der Waals surface area (Å²) in [6.45, 7) is 3.55. The van der Waals surface area contributed by atoms with Crippen LogP contribution >= 0.6 is 11.5 Å². The van der Waals surface area contributed by atoms with Crippen molar-refractivity contribution in [3.8, 4) is 33.1 Å². The van der Waals surface area contributed by atoms with Gasteiger partial charge in [0.05, 0.1) is 16.3 Å². The third-order valence-corrected chi connectivity index (χ3v) is 7.29. The minimum Gasteiger partial charge on any atom is -0.476 e. The number of halogens is 2. The largest absolute Gasteiger partial charge is 0.476 e. The number of carbonyl (C=O) groups is 2. The number of hydrogen-bond acceptors (Lipinski definition) is 7. The lowest BCUT2D eigenvalue weighted by atomic mass is 10.0. The number of hydrogen-bond donors (Lipinski definition) is 2. The van der Waals surface area contributed by atoms with Gasteiger partial charge in [-0.25, -0.2) is 23.4 Å². The van der Waals surface area contributed by atoms with Crippen LogP contribution in [0.3, 0.4) is 0 Å². The molecular weight excluding hydrogens is 564 g/mol. The summed E-state index contributed by atoms with van der Waals surface area (Å²) in [7, 11) is 0. The van der Waals surface area contributed by atoms with E-state index in [1.165, 1.54) is 29.9 Å². The first-order valence-electron chi connectivity index (χ1n) is 12.7. The zero-order chi connectivity index (χ0) is 29.8. The van der Waals surface area contributed by atoms with Crippen molar-refractivity contribution in [3.05, 3.63) is 114 Å². The number of nitrogens with one attached hydrogen (secondary N) is 1. The van der Waals surface area contributed by atoms with Crippen LogP contribution in [0.2, 0.25) is 0 Å². The van der Waals surface area contributed by atoms with Gasteiger partial charge in [0.15, 0.2) is 28.8 Å². The van der Waals surface area contributed by atoms with Crippen molar-refractivity contribution >= 4 is 29.3 Å². The summed E-state index contributed by atoms with van der Waals surface area (Å²) in [6.07, 6.45) is 0.157. The lowest BCUT2D eigenvalue weighted by Gasteiger charge is -2.15. The summed E-state index contributed by atoms with van der Waals surface area (Å²) < 4.78 is 45.0. The summed E-state index contributed by atoms with van der Waals surface area (Å²) >= 11 is 1.20. The Morgan fingerprint density at radius 1 is 0.929 bits per heavy atom. The molecule has 0 spiro atoms. The number of carbonyl (C=O) groups excluding carboxylic acids is 1. The van der Waals surface area contributed by atoms with Gasteiger partial charge in [0.25, 0.3) is 0 Å². The quantitative estimate of drug-likeness (QED) is 0.188. The highest BCUT2D eigenvalue weighted by Crippen LogP contribution is 2.37. The molecule has 5 rings (SSSR count).